The van der Waals surface area contributed by atoms with Gasteiger partial charge in [-0.3, -0.25) is 4.79 Å². The highest BCUT2D eigenvalue weighted by atomic mass is 79.9. The van der Waals surface area contributed by atoms with Crippen LogP contribution < -0.4 is 14.8 Å². The van der Waals surface area contributed by atoms with Crippen molar-refractivity contribution < 1.29 is 14.3 Å². The van der Waals surface area contributed by atoms with E-state index in [1.807, 2.05) is 25.1 Å². The van der Waals surface area contributed by atoms with E-state index in [4.69, 9.17) is 9.47 Å². The summed E-state index contributed by atoms with van der Waals surface area (Å²) in [6.45, 7) is 6.20. The molecule has 1 N–H and O–H groups in total. The highest BCUT2D eigenvalue weighted by Gasteiger charge is 2.17. The first kappa shape index (κ1) is 18.3. The van der Waals surface area contributed by atoms with E-state index in [2.05, 4.69) is 35.1 Å². The molecule has 0 aliphatic heterocycles. The van der Waals surface area contributed by atoms with Gasteiger partial charge in [0, 0.05) is 11.3 Å². The zero-order valence-corrected chi connectivity index (χ0v) is 16.2. The van der Waals surface area contributed by atoms with Gasteiger partial charge in [0.25, 0.3) is 5.91 Å². The predicted molar refractivity (Wildman–Crippen MR) is 100 cm³/mol. The first-order chi connectivity index (χ1) is 11.4. The van der Waals surface area contributed by atoms with Crippen molar-refractivity contribution in [2.45, 2.75) is 26.7 Å². The van der Waals surface area contributed by atoms with Crippen LogP contribution in [-0.2, 0) is 0 Å². The Morgan fingerprint density at radius 2 is 1.71 bits per heavy atom. The minimum atomic E-state index is -0.199. The van der Waals surface area contributed by atoms with E-state index in [0.717, 1.165) is 16.8 Å². The van der Waals surface area contributed by atoms with Crippen molar-refractivity contribution in [3.05, 3.63) is 51.5 Å². The number of hydrogen-bond acceptors (Lipinski definition) is 3. The number of ether oxygens (including phenoxy) is 2. The van der Waals surface area contributed by atoms with Crippen molar-refractivity contribution in [1.82, 2.24) is 0 Å². The SMILES string of the molecule is COc1cc(C(=O)Nc2c(C)cccc2C(C)C)cc(OC)c1Br. The lowest BCUT2D eigenvalue weighted by Gasteiger charge is -2.17. The van der Waals surface area contributed by atoms with Crippen LogP contribution >= 0.6 is 15.9 Å². The number of nitrogens with one attached hydrogen (secondary N) is 1. The molecule has 0 aromatic heterocycles. The molecule has 128 valence electrons. The van der Waals surface area contributed by atoms with Gasteiger partial charge < -0.3 is 14.8 Å². The first-order valence-electron chi connectivity index (χ1n) is 7.71. The molecule has 0 aliphatic carbocycles. The first-order valence-corrected chi connectivity index (χ1v) is 8.50. The van der Waals surface area contributed by atoms with E-state index < -0.39 is 0 Å². The Hall–Kier alpha value is -2.01. The van der Waals surface area contributed by atoms with Crippen LogP contribution in [0.2, 0.25) is 0 Å². The molecule has 1 amide bonds. The van der Waals surface area contributed by atoms with Crippen LogP contribution in [0.1, 0.15) is 41.3 Å². The van der Waals surface area contributed by atoms with Crippen LogP contribution in [0.15, 0.2) is 34.8 Å². The average Bonchev–Trinajstić information content (AvgIpc) is 2.56. The predicted octanol–water partition coefficient (Wildman–Crippen LogP) is 5.15. The molecule has 0 heterocycles. The summed E-state index contributed by atoms with van der Waals surface area (Å²) in [6.07, 6.45) is 0. The summed E-state index contributed by atoms with van der Waals surface area (Å²) in [7, 11) is 3.11. The smallest absolute Gasteiger partial charge is 0.255 e. The topological polar surface area (TPSA) is 47.6 Å². The van der Waals surface area contributed by atoms with Crippen LogP contribution in [0, 0.1) is 6.92 Å². The number of para-hydroxylation sites is 1. The fourth-order valence-corrected chi connectivity index (χ4v) is 3.08. The van der Waals surface area contributed by atoms with Crippen LogP contribution in [0.25, 0.3) is 0 Å². The maximum absolute atomic E-state index is 12.8. The molecule has 0 spiro atoms. The number of hydrogen-bond donors (Lipinski definition) is 1. The molecule has 0 saturated carbocycles. The van der Waals surface area contributed by atoms with E-state index in [1.165, 1.54) is 0 Å². The molecule has 2 aromatic rings. The van der Waals surface area contributed by atoms with E-state index in [-0.39, 0.29) is 5.91 Å². The molecular weight excluding hydrogens is 370 g/mol. The summed E-state index contributed by atoms with van der Waals surface area (Å²) in [6, 6.07) is 9.41. The Balaban J connectivity index is 2.41. The number of methoxy groups -OCH3 is 2. The average molecular weight is 392 g/mol. The van der Waals surface area contributed by atoms with Gasteiger partial charge in [0.15, 0.2) is 0 Å². The molecule has 5 heteroatoms. The Labute approximate surface area is 151 Å². The number of anilines is 1. The minimum Gasteiger partial charge on any atom is -0.495 e. The summed E-state index contributed by atoms with van der Waals surface area (Å²) < 4.78 is 11.3. The van der Waals surface area contributed by atoms with Crippen molar-refractivity contribution in [2.24, 2.45) is 0 Å². The van der Waals surface area contributed by atoms with E-state index in [1.54, 1.807) is 26.4 Å². The van der Waals surface area contributed by atoms with Gasteiger partial charge in [-0.1, -0.05) is 32.0 Å². The third kappa shape index (κ3) is 3.73. The number of carbonyl (C=O) groups is 1. The van der Waals surface area contributed by atoms with E-state index in [9.17, 15) is 4.79 Å². The highest BCUT2D eigenvalue weighted by Crippen LogP contribution is 2.36. The third-order valence-electron chi connectivity index (χ3n) is 3.87. The van der Waals surface area contributed by atoms with Gasteiger partial charge in [0.05, 0.1) is 14.2 Å². The second kappa shape index (κ2) is 7.71. The normalized spacial score (nSPS) is 10.6. The van der Waals surface area contributed by atoms with Crippen molar-refractivity contribution in [2.75, 3.05) is 19.5 Å². The molecule has 0 fully saturated rings. The molecule has 2 rings (SSSR count). The molecule has 0 unspecified atom stereocenters. The molecule has 0 radical (unpaired) electrons. The summed E-state index contributed by atoms with van der Waals surface area (Å²) >= 11 is 3.41. The quantitative estimate of drug-likeness (QED) is 0.766. The summed E-state index contributed by atoms with van der Waals surface area (Å²) in [4.78, 5) is 12.8. The summed E-state index contributed by atoms with van der Waals surface area (Å²) in [5.74, 6) is 1.21. The van der Waals surface area contributed by atoms with Gasteiger partial charge >= 0.3 is 0 Å². The number of amides is 1. The fraction of sp³-hybridized carbons (Fsp3) is 0.316. The largest absolute Gasteiger partial charge is 0.495 e. The Kier molecular flexibility index (Phi) is 5.89. The van der Waals surface area contributed by atoms with Crippen molar-refractivity contribution in [1.29, 1.82) is 0 Å². The third-order valence-corrected chi connectivity index (χ3v) is 4.66. The molecule has 0 saturated heterocycles. The fourth-order valence-electron chi connectivity index (χ4n) is 2.53. The van der Waals surface area contributed by atoms with Gasteiger partial charge in [-0.15, -0.1) is 0 Å². The van der Waals surface area contributed by atoms with Gasteiger partial charge in [-0.2, -0.15) is 0 Å². The molecular formula is C19H22BrNO3. The Morgan fingerprint density at radius 1 is 1.12 bits per heavy atom. The monoisotopic (exact) mass is 391 g/mol. The number of carbonyl (C=O) groups excluding carboxylic acids is 1. The van der Waals surface area contributed by atoms with Crippen LogP contribution in [0.3, 0.4) is 0 Å². The summed E-state index contributed by atoms with van der Waals surface area (Å²) in [5.41, 5.74) is 3.48. The van der Waals surface area contributed by atoms with Crippen molar-refractivity contribution >= 4 is 27.5 Å². The maximum atomic E-state index is 12.8. The Morgan fingerprint density at radius 3 is 2.21 bits per heavy atom. The highest BCUT2D eigenvalue weighted by molar-refractivity contribution is 9.10. The van der Waals surface area contributed by atoms with E-state index >= 15 is 0 Å². The zero-order valence-electron chi connectivity index (χ0n) is 14.6. The molecule has 0 atom stereocenters. The lowest BCUT2D eigenvalue weighted by atomic mass is 9.98. The molecule has 2 aromatic carbocycles. The molecule has 0 aliphatic rings. The second-order valence-electron chi connectivity index (χ2n) is 5.84. The second-order valence-corrected chi connectivity index (χ2v) is 6.64. The summed E-state index contributed by atoms with van der Waals surface area (Å²) in [5, 5.41) is 3.03. The number of rotatable bonds is 5. The van der Waals surface area contributed by atoms with Gasteiger partial charge in [0.1, 0.15) is 16.0 Å². The minimum absolute atomic E-state index is 0.199. The van der Waals surface area contributed by atoms with Crippen LogP contribution in [-0.4, -0.2) is 20.1 Å². The lowest BCUT2D eigenvalue weighted by molar-refractivity contribution is 0.102. The molecule has 0 bridgehead atoms. The molecule has 24 heavy (non-hydrogen) atoms. The number of benzene rings is 2. The van der Waals surface area contributed by atoms with Crippen LogP contribution in [0.4, 0.5) is 5.69 Å². The zero-order chi connectivity index (χ0) is 17.9. The van der Waals surface area contributed by atoms with Gasteiger partial charge in [-0.25, -0.2) is 0 Å². The standard InChI is InChI=1S/C19H22BrNO3/c1-11(2)14-8-6-7-12(3)18(14)21-19(22)13-9-15(23-4)17(20)16(10-13)24-5/h6-11H,1-5H3,(H,21,22). The Bertz CT molecular complexity index is 731. The van der Waals surface area contributed by atoms with Gasteiger partial charge in [-0.05, 0) is 52.0 Å². The van der Waals surface area contributed by atoms with Crippen molar-refractivity contribution in [3.8, 4) is 11.5 Å². The van der Waals surface area contributed by atoms with Crippen LogP contribution in [0.5, 0.6) is 11.5 Å². The number of halogens is 1. The number of aryl methyl sites for hydroxylation is 1. The molecule has 4 nitrogen and oxygen atoms in total. The van der Waals surface area contributed by atoms with Gasteiger partial charge in [0.2, 0.25) is 0 Å². The maximum Gasteiger partial charge on any atom is 0.255 e. The van der Waals surface area contributed by atoms with E-state index in [0.29, 0.717) is 27.5 Å². The van der Waals surface area contributed by atoms with Crippen molar-refractivity contribution in [3.63, 3.8) is 0 Å². The lowest BCUT2D eigenvalue weighted by Crippen LogP contribution is -2.15.